The van der Waals surface area contributed by atoms with Crippen LogP contribution in [0, 0.1) is 0 Å². The summed E-state index contributed by atoms with van der Waals surface area (Å²) in [5.74, 6) is 0.00867. The van der Waals surface area contributed by atoms with Gasteiger partial charge in [-0.2, -0.15) is 0 Å². The fraction of sp³-hybridized carbons (Fsp3) is 0.200. The van der Waals surface area contributed by atoms with E-state index in [1.165, 1.54) is 13.3 Å². The molecule has 2 rings (SSSR count). The van der Waals surface area contributed by atoms with Crippen molar-refractivity contribution in [3.8, 4) is 5.75 Å². The normalized spacial score (nSPS) is 10.6. The maximum absolute atomic E-state index is 10.9. The van der Waals surface area contributed by atoms with Crippen LogP contribution in [-0.4, -0.2) is 15.9 Å². The minimum Gasteiger partial charge on any atom is -0.504 e. The Morgan fingerprint density at radius 2 is 2.36 bits per heavy atom. The second kappa shape index (κ2) is 3.14. The highest BCUT2D eigenvalue weighted by atomic mass is 16.4. The van der Waals surface area contributed by atoms with Crippen molar-refractivity contribution in [2.45, 2.75) is 13.3 Å². The minimum atomic E-state index is -0.000773. The van der Waals surface area contributed by atoms with Gasteiger partial charge in [0.2, 0.25) is 0 Å². The predicted molar refractivity (Wildman–Crippen MR) is 50.1 cm³/mol. The molecule has 0 atom stereocenters. The van der Waals surface area contributed by atoms with Gasteiger partial charge >= 0.3 is 0 Å². The van der Waals surface area contributed by atoms with Crippen LogP contribution in [0.2, 0.25) is 0 Å². The smallest absolute Gasteiger partial charge is 0.196 e. The molecule has 1 aromatic heterocycles. The lowest BCUT2D eigenvalue weighted by molar-refractivity contribution is -0.116. The third-order valence-corrected chi connectivity index (χ3v) is 2.00. The van der Waals surface area contributed by atoms with Gasteiger partial charge in [0.1, 0.15) is 11.3 Å². The Hall–Kier alpha value is -1.84. The van der Waals surface area contributed by atoms with E-state index in [4.69, 9.17) is 4.42 Å². The highest BCUT2D eigenvalue weighted by Gasteiger charge is 2.10. The average Bonchev–Trinajstić information content (AvgIpc) is 2.57. The van der Waals surface area contributed by atoms with Gasteiger partial charge in [-0.05, 0) is 13.0 Å². The summed E-state index contributed by atoms with van der Waals surface area (Å²) in [6.45, 7) is 1.48. The molecule has 0 amide bonds. The number of oxazole rings is 1. The molecule has 0 aliphatic rings. The summed E-state index contributed by atoms with van der Waals surface area (Å²) in [6, 6.07) is 3.40. The molecule has 0 fully saturated rings. The van der Waals surface area contributed by atoms with E-state index in [9.17, 15) is 9.90 Å². The van der Waals surface area contributed by atoms with Gasteiger partial charge < -0.3 is 9.52 Å². The summed E-state index contributed by atoms with van der Waals surface area (Å²) in [5, 5.41) is 9.70. The zero-order chi connectivity index (χ0) is 10.1. The van der Waals surface area contributed by atoms with E-state index in [0.29, 0.717) is 16.7 Å². The molecule has 14 heavy (non-hydrogen) atoms. The Morgan fingerprint density at radius 1 is 1.57 bits per heavy atom. The molecule has 0 unspecified atom stereocenters. The summed E-state index contributed by atoms with van der Waals surface area (Å²) >= 11 is 0. The summed E-state index contributed by atoms with van der Waals surface area (Å²) in [6.07, 6.45) is 1.48. The van der Waals surface area contributed by atoms with Crippen LogP contribution in [0.3, 0.4) is 0 Å². The number of rotatable bonds is 2. The molecule has 1 N–H and O–H groups in total. The van der Waals surface area contributed by atoms with E-state index < -0.39 is 0 Å². The summed E-state index contributed by atoms with van der Waals surface area (Å²) in [4.78, 5) is 14.8. The van der Waals surface area contributed by atoms with Gasteiger partial charge in [-0.1, -0.05) is 6.07 Å². The zero-order valence-corrected chi connectivity index (χ0v) is 7.65. The predicted octanol–water partition coefficient (Wildman–Crippen LogP) is 1.66. The highest BCUT2D eigenvalue weighted by Crippen LogP contribution is 2.28. The number of carbonyl (C=O) groups excluding carboxylic acids is 1. The number of nitrogens with zero attached hydrogens (tertiary/aromatic N) is 1. The number of hydrogen-bond donors (Lipinski definition) is 1. The Labute approximate surface area is 80.2 Å². The fourth-order valence-corrected chi connectivity index (χ4v) is 1.37. The molecule has 4 nitrogen and oxygen atoms in total. The molecular weight excluding hydrogens is 182 g/mol. The molecule has 2 aromatic rings. The van der Waals surface area contributed by atoms with Crippen LogP contribution in [0.4, 0.5) is 0 Å². The molecule has 1 heterocycles. The number of fused-ring (bicyclic) bond motifs is 1. The average molecular weight is 191 g/mol. The minimum absolute atomic E-state index is 0.000773. The monoisotopic (exact) mass is 191 g/mol. The van der Waals surface area contributed by atoms with E-state index in [1.54, 1.807) is 12.1 Å². The number of aromatic hydroxyl groups is 1. The van der Waals surface area contributed by atoms with E-state index in [2.05, 4.69) is 4.98 Å². The highest BCUT2D eigenvalue weighted by molar-refractivity contribution is 5.84. The van der Waals surface area contributed by atoms with Gasteiger partial charge in [-0.25, -0.2) is 4.98 Å². The second-order valence-electron chi connectivity index (χ2n) is 3.15. The van der Waals surface area contributed by atoms with Crippen LogP contribution < -0.4 is 0 Å². The SMILES string of the molecule is CC(=O)Cc1ccc2ncoc2c1O. The lowest BCUT2D eigenvalue weighted by Gasteiger charge is -2.00. The van der Waals surface area contributed by atoms with Crippen molar-refractivity contribution in [3.63, 3.8) is 0 Å². The van der Waals surface area contributed by atoms with Gasteiger partial charge in [0, 0.05) is 12.0 Å². The molecule has 0 saturated carbocycles. The van der Waals surface area contributed by atoms with Crippen LogP contribution in [0.1, 0.15) is 12.5 Å². The van der Waals surface area contributed by atoms with Crippen LogP contribution >= 0.6 is 0 Å². The van der Waals surface area contributed by atoms with Crippen LogP contribution in [-0.2, 0) is 11.2 Å². The molecule has 72 valence electrons. The zero-order valence-electron chi connectivity index (χ0n) is 7.65. The summed E-state index contributed by atoms with van der Waals surface area (Å²) < 4.78 is 5.00. The number of benzene rings is 1. The van der Waals surface area contributed by atoms with Gasteiger partial charge in [0.15, 0.2) is 17.7 Å². The van der Waals surface area contributed by atoms with E-state index in [1.807, 2.05) is 0 Å². The Kier molecular flexibility index (Phi) is 1.96. The summed E-state index contributed by atoms with van der Waals surface area (Å²) in [5.41, 5.74) is 1.50. The van der Waals surface area contributed by atoms with Gasteiger partial charge in [-0.15, -0.1) is 0 Å². The molecule has 0 radical (unpaired) electrons. The largest absolute Gasteiger partial charge is 0.504 e. The number of Topliss-reactive ketones (excluding diaryl/α,β-unsaturated/α-hetero) is 1. The maximum atomic E-state index is 10.9. The molecule has 0 aliphatic carbocycles. The molecule has 4 heteroatoms. The van der Waals surface area contributed by atoms with E-state index in [0.717, 1.165) is 0 Å². The molecule has 0 aliphatic heterocycles. The maximum Gasteiger partial charge on any atom is 0.196 e. The van der Waals surface area contributed by atoms with Crippen molar-refractivity contribution >= 4 is 16.9 Å². The van der Waals surface area contributed by atoms with Crippen molar-refractivity contribution in [3.05, 3.63) is 24.1 Å². The molecule has 0 saturated heterocycles. The molecule has 0 bridgehead atoms. The topological polar surface area (TPSA) is 63.3 Å². The summed E-state index contributed by atoms with van der Waals surface area (Å²) in [7, 11) is 0. The molecule has 1 aromatic carbocycles. The van der Waals surface area contributed by atoms with E-state index >= 15 is 0 Å². The van der Waals surface area contributed by atoms with E-state index in [-0.39, 0.29) is 18.0 Å². The number of aromatic nitrogens is 1. The Balaban J connectivity index is 2.56. The van der Waals surface area contributed by atoms with Crippen LogP contribution in [0.25, 0.3) is 11.1 Å². The standard InChI is InChI=1S/C10H9NO3/c1-6(12)4-7-2-3-8-10(9(7)13)14-5-11-8/h2-3,5,13H,4H2,1H3. The Morgan fingerprint density at radius 3 is 3.07 bits per heavy atom. The van der Waals surface area contributed by atoms with Crippen molar-refractivity contribution < 1.29 is 14.3 Å². The third kappa shape index (κ3) is 1.35. The molecular formula is C10H9NO3. The number of hydrogen-bond acceptors (Lipinski definition) is 4. The fourth-order valence-electron chi connectivity index (χ4n) is 1.37. The van der Waals surface area contributed by atoms with Crippen LogP contribution in [0.5, 0.6) is 5.75 Å². The van der Waals surface area contributed by atoms with Crippen molar-refractivity contribution in [2.24, 2.45) is 0 Å². The van der Waals surface area contributed by atoms with Crippen molar-refractivity contribution in [1.29, 1.82) is 0 Å². The second-order valence-corrected chi connectivity index (χ2v) is 3.15. The van der Waals surface area contributed by atoms with Gasteiger partial charge in [0.05, 0.1) is 0 Å². The van der Waals surface area contributed by atoms with Crippen LogP contribution in [0.15, 0.2) is 22.9 Å². The number of ketones is 1. The third-order valence-electron chi connectivity index (χ3n) is 2.00. The number of phenols is 1. The first kappa shape index (κ1) is 8.74. The first-order chi connectivity index (χ1) is 6.68. The quantitative estimate of drug-likeness (QED) is 0.784. The first-order valence-electron chi connectivity index (χ1n) is 4.22. The Bertz CT molecular complexity index is 487. The van der Waals surface area contributed by atoms with Gasteiger partial charge in [-0.3, -0.25) is 4.79 Å². The number of phenolic OH excluding ortho intramolecular Hbond substituents is 1. The van der Waals surface area contributed by atoms with Crippen molar-refractivity contribution in [2.75, 3.05) is 0 Å². The lowest BCUT2D eigenvalue weighted by atomic mass is 10.1. The lowest BCUT2D eigenvalue weighted by Crippen LogP contribution is -1.96. The number of carbonyl (C=O) groups is 1. The molecule has 0 spiro atoms. The van der Waals surface area contributed by atoms with Crippen molar-refractivity contribution in [1.82, 2.24) is 4.98 Å². The first-order valence-corrected chi connectivity index (χ1v) is 4.22. The van der Waals surface area contributed by atoms with Gasteiger partial charge in [0.25, 0.3) is 0 Å².